The average Bonchev–Trinajstić information content (AvgIpc) is 2.39. The van der Waals surface area contributed by atoms with Crippen LogP contribution in [0.4, 0.5) is 0 Å². The summed E-state index contributed by atoms with van der Waals surface area (Å²) in [6.45, 7) is 0. The quantitative estimate of drug-likeness (QED) is 0.606. The van der Waals surface area contributed by atoms with Gasteiger partial charge in [-0.3, -0.25) is 4.79 Å². The lowest BCUT2D eigenvalue weighted by molar-refractivity contribution is -0.137. The normalized spacial score (nSPS) is 43.7. The Labute approximate surface area is 77.4 Å². The highest BCUT2D eigenvalue weighted by Gasteiger charge is 2.53. The summed E-state index contributed by atoms with van der Waals surface area (Å²) >= 11 is 0. The molecule has 0 aromatic rings. The van der Waals surface area contributed by atoms with Crippen molar-refractivity contribution in [2.24, 2.45) is 5.92 Å². The van der Waals surface area contributed by atoms with Crippen molar-refractivity contribution in [3.8, 4) is 0 Å². The van der Waals surface area contributed by atoms with Crippen LogP contribution < -0.4 is 0 Å². The first-order valence-corrected chi connectivity index (χ1v) is 4.62. The van der Waals surface area contributed by atoms with Crippen molar-refractivity contribution < 1.29 is 14.6 Å². The van der Waals surface area contributed by atoms with Crippen LogP contribution in [0.1, 0.15) is 19.3 Å². The molecule has 2 aliphatic rings. The van der Waals surface area contributed by atoms with Gasteiger partial charge in [-0.2, -0.15) is 0 Å². The van der Waals surface area contributed by atoms with E-state index in [1.807, 2.05) is 12.2 Å². The van der Waals surface area contributed by atoms with E-state index < -0.39 is 5.60 Å². The van der Waals surface area contributed by atoms with Gasteiger partial charge in [0.25, 0.3) is 0 Å². The molecule has 0 heterocycles. The van der Waals surface area contributed by atoms with Crippen molar-refractivity contribution in [2.75, 3.05) is 7.11 Å². The van der Waals surface area contributed by atoms with Crippen molar-refractivity contribution in [2.45, 2.75) is 31.0 Å². The number of allylic oxidation sites excluding steroid dienone is 1. The van der Waals surface area contributed by atoms with Gasteiger partial charge >= 0.3 is 0 Å². The summed E-state index contributed by atoms with van der Waals surface area (Å²) < 4.78 is 5.20. The topological polar surface area (TPSA) is 46.5 Å². The summed E-state index contributed by atoms with van der Waals surface area (Å²) in [4.78, 5) is 11.5. The highest BCUT2D eigenvalue weighted by Crippen LogP contribution is 2.41. The fourth-order valence-electron chi connectivity index (χ4n) is 2.38. The molecular weight excluding hydrogens is 168 g/mol. The standard InChI is InChI=1S/C10H14O3/c1-13-8-6-9(11)10(12)5-3-2-4-7(8)10/h2-3,7-8,12H,4-6H2,1H3/t7-,8-,10-/m1/s1. The highest BCUT2D eigenvalue weighted by molar-refractivity contribution is 5.91. The molecule has 3 heteroatoms. The minimum absolute atomic E-state index is 0.0324. The van der Waals surface area contributed by atoms with Crippen molar-refractivity contribution in [1.29, 1.82) is 0 Å². The van der Waals surface area contributed by atoms with Crippen LogP contribution in [0.2, 0.25) is 0 Å². The third kappa shape index (κ3) is 1.15. The summed E-state index contributed by atoms with van der Waals surface area (Å²) in [5.74, 6) is -0.0938. The largest absolute Gasteiger partial charge is 0.381 e. The molecule has 3 nitrogen and oxygen atoms in total. The van der Waals surface area contributed by atoms with Crippen LogP contribution in [0.25, 0.3) is 0 Å². The number of ether oxygens (including phenoxy) is 1. The Morgan fingerprint density at radius 1 is 1.62 bits per heavy atom. The molecule has 1 saturated carbocycles. The molecule has 0 bridgehead atoms. The van der Waals surface area contributed by atoms with E-state index in [9.17, 15) is 9.90 Å². The van der Waals surface area contributed by atoms with Gasteiger partial charge in [-0.05, 0) is 6.42 Å². The van der Waals surface area contributed by atoms with E-state index in [-0.39, 0.29) is 17.8 Å². The lowest BCUT2D eigenvalue weighted by Crippen LogP contribution is -2.43. The van der Waals surface area contributed by atoms with Crippen molar-refractivity contribution in [1.82, 2.24) is 0 Å². The van der Waals surface area contributed by atoms with Crippen molar-refractivity contribution >= 4 is 5.78 Å². The summed E-state index contributed by atoms with van der Waals surface area (Å²) in [7, 11) is 1.60. The number of ketones is 1. The van der Waals surface area contributed by atoms with Gasteiger partial charge in [0, 0.05) is 25.9 Å². The molecule has 2 rings (SSSR count). The lowest BCUT2D eigenvalue weighted by atomic mass is 9.80. The molecule has 2 aliphatic carbocycles. The molecule has 0 saturated heterocycles. The maximum Gasteiger partial charge on any atom is 0.167 e. The second kappa shape index (κ2) is 2.93. The van der Waals surface area contributed by atoms with Crippen molar-refractivity contribution in [3.63, 3.8) is 0 Å². The van der Waals surface area contributed by atoms with E-state index in [0.29, 0.717) is 12.8 Å². The zero-order chi connectivity index (χ0) is 9.47. The van der Waals surface area contributed by atoms with Crippen LogP contribution in [0.3, 0.4) is 0 Å². The summed E-state index contributed by atoms with van der Waals surface area (Å²) in [6.07, 6.45) is 5.37. The van der Waals surface area contributed by atoms with Gasteiger partial charge in [0.15, 0.2) is 5.78 Å². The number of hydrogen-bond acceptors (Lipinski definition) is 3. The first kappa shape index (κ1) is 8.91. The number of carbonyl (C=O) groups excluding carboxylic acids is 1. The third-order valence-corrected chi connectivity index (χ3v) is 3.22. The smallest absolute Gasteiger partial charge is 0.167 e. The lowest BCUT2D eigenvalue weighted by Gasteiger charge is -2.31. The van der Waals surface area contributed by atoms with Gasteiger partial charge < -0.3 is 9.84 Å². The predicted molar refractivity (Wildman–Crippen MR) is 47.2 cm³/mol. The Morgan fingerprint density at radius 3 is 3.08 bits per heavy atom. The fraction of sp³-hybridized carbons (Fsp3) is 0.700. The summed E-state index contributed by atoms with van der Waals surface area (Å²) in [6, 6.07) is 0. The number of rotatable bonds is 1. The van der Waals surface area contributed by atoms with Crippen LogP contribution in [-0.4, -0.2) is 29.7 Å². The first-order valence-electron chi connectivity index (χ1n) is 4.62. The molecule has 72 valence electrons. The maximum atomic E-state index is 11.5. The number of methoxy groups -OCH3 is 1. The van der Waals surface area contributed by atoms with Crippen LogP contribution >= 0.6 is 0 Å². The van der Waals surface area contributed by atoms with Crippen LogP contribution in [0, 0.1) is 5.92 Å². The minimum atomic E-state index is -1.13. The predicted octanol–water partition coefficient (Wildman–Crippen LogP) is 0.671. The molecule has 1 fully saturated rings. The Bertz CT molecular complexity index is 259. The van der Waals surface area contributed by atoms with Gasteiger partial charge in [-0.1, -0.05) is 12.2 Å². The van der Waals surface area contributed by atoms with Gasteiger partial charge in [-0.15, -0.1) is 0 Å². The number of aliphatic hydroxyl groups is 1. The highest BCUT2D eigenvalue weighted by atomic mass is 16.5. The van der Waals surface area contributed by atoms with E-state index >= 15 is 0 Å². The summed E-state index contributed by atoms with van der Waals surface area (Å²) in [5.41, 5.74) is -1.13. The molecule has 3 atom stereocenters. The van der Waals surface area contributed by atoms with E-state index in [1.54, 1.807) is 7.11 Å². The monoisotopic (exact) mass is 182 g/mol. The Hall–Kier alpha value is -0.670. The third-order valence-electron chi connectivity index (χ3n) is 3.22. The second-order valence-corrected chi connectivity index (χ2v) is 3.84. The molecule has 0 radical (unpaired) electrons. The maximum absolute atomic E-state index is 11.5. The van der Waals surface area contributed by atoms with Gasteiger partial charge in [0.05, 0.1) is 6.10 Å². The Kier molecular flexibility index (Phi) is 2.00. The molecule has 13 heavy (non-hydrogen) atoms. The van der Waals surface area contributed by atoms with Crippen LogP contribution in [0.15, 0.2) is 12.2 Å². The van der Waals surface area contributed by atoms with Crippen LogP contribution in [-0.2, 0) is 9.53 Å². The van der Waals surface area contributed by atoms with E-state index in [0.717, 1.165) is 6.42 Å². The molecule has 0 spiro atoms. The molecule has 0 aromatic carbocycles. The van der Waals surface area contributed by atoms with Crippen molar-refractivity contribution in [3.05, 3.63) is 12.2 Å². The second-order valence-electron chi connectivity index (χ2n) is 3.84. The molecule has 0 unspecified atom stereocenters. The van der Waals surface area contributed by atoms with E-state index in [2.05, 4.69) is 0 Å². The first-order chi connectivity index (χ1) is 6.18. The SMILES string of the molecule is CO[C@@H]1CC(=O)[C@@]2(O)CC=CC[C@H]12. The van der Waals surface area contributed by atoms with Gasteiger partial charge in [0.1, 0.15) is 5.60 Å². The number of hydrogen-bond donors (Lipinski definition) is 1. The number of fused-ring (bicyclic) bond motifs is 1. The minimum Gasteiger partial charge on any atom is -0.381 e. The van der Waals surface area contributed by atoms with Gasteiger partial charge in [-0.25, -0.2) is 0 Å². The summed E-state index contributed by atoms with van der Waals surface area (Å²) in [5, 5.41) is 10.1. The van der Waals surface area contributed by atoms with E-state index in [1.165, 1.54) is 0 Å². The van der Waals surface area contributed by atoms with E-state index in [4.69, 9.17) is 4.74 Å². The Balaban J connectivity index is 2.30. The molecule has 0 aromatic heterocycles. The number of Topliss-reactive ketones (excluding diaryl/α,β-unsaturated/α-hetero) is 1. The van der Waals surface area contributed by atoms with Gasteiger partial charge in [0.2, 0.25) is 0 Å². The van der Waals surface area contributed by atoms with Crippen LogP contribution in [0.5, 0.6) is 0 Å². The molecule has 1 N–H and O–H groups in total. The zero-order valence-electron chi connectivity index (χ0n) is 7.69. The number of carbonyl (C=O) groups is 1. The Morgan fingerprint density at radius 2 is 2.38 bits per heavy atom. The zero-order valence-corrected chi connectivity index (χ0v) is 7.69. The molecule has 0 amide bonds. The molecule has 0 aliphatic heterocycles. The fourth-order valence-corrected chi connectivity index (χ4v) is 2.38. The molecular formula is C10H14O3. The average molecular weight is 182 g/mol.